The molecule has 0 aromatic carbocycles. The van der Waals surface area contributed by atoms with Crippen LogP contribution < -0.4 is 0 Å². The zero-order chi connectivity index (χ0) is 9.84. The lowest BCUT2D eigenvalue weighted by atomic mass is 10.1. The SMILES string of the molecule is CC(C)CCN1CCSC(C)C1C. The molecule has 0 aromatic rings. The number of hydrogen-bond acceptors (Lipinski definition) is 2. The summed E-state index contributed by atoms with van der Waals surface area (Å²) in [4.78, 5) is 2.65. The van der Waals surface area contributed by atoms with Crippen molar-refractivity contribution in [1.29, 1.82) is 0 Å². The summed E-state index contributed by atoms with van der Waals surface area (Å²) in [5.41, 5.74) is 0. The van der Waals surface area contributed by atoms with E-state index in [1.807, 2.05) is 0 Å². The average molecular weight is 201 g/mol. The topological polar surface area (TPSA) is 3.24 Å². The van der Waals surface area contributed by atoms with Gasteiger partial charge in [0.2, 0.25) is 0 Å². The minimum atomic E-state index is 0.775. The highest BCUT2D eigenvalue weighted by Gasteiger charge is 2.24. The maximum Gasteiger partial charge on any atom is 0.0184 e. The van der Waals surface area contributed by atoms with Crippen LogP contribution in [0, 0.1) is 5.92 Å². The van der Waals surface area contributed by atoms with Crippen LogP contribution in [0.15, 0.2) is 0 Å². The zero-order valence-corrected chi connectivity index (χ0v) is 10.2. The molecule has 0 amide bonds. The molecule has 1 aliphatic heterocycles. The third-order valence-electron chi connectivity index (χ3n) is 3.01. The normalized spacial score (nSPS) is 31.2. The Morgan fingerprint density at radius 2 is 2.08 bits per heavy atom. The van der Waals surface area contributed by atoms with Gasteiger partial charge >= 0.3 is 0 Å². The first-order valence-corrected chi connectivity index (χ1v) is 6.51. The molecule has 0 spiro atoms. The van der Waals surface area contributed by atoms with Crippen molar-refractivity contribution >= 4 is 11.8 Å². The molecule has 1 rings (SSSR count). The highest BCUT2D eigenvalue weighted by molar-refractivity contribution is 8.00. The molecule has 0 bridgehead atoms. The summed E-state index contributed by atoms with van der Waals surface area (Å²) in [6.45, 7) is 11.9. The van der Waals surface area contributed by atoms with Crippen molar-refractivity contribution in [3.63, 3.8) is 0 Å². The van der Waals surface area contributed by atoms with E-state index >= 15 is 0 Å². The monoisotopic (exact) mass is 201 g/mol. The molecule has 1 fully saturated rings. The summed E-state index contributed by atoms with van der Waals surface area (Å²) in [5.74, 6) is 2.17. The third-order valence-corrected chi connectivity index (χ3v) is 4.35. The average Bonchev–Trinajstić information content (AvgIpc) is 2.07. The second kappa shape index (κ2) is 5.26. The summed E-state index contributed by atoms with van der Waals surface area (Å²) in [5, 5.41) is 0.820. The molecule has 1 heterocycles. The van der Waals surface area contributed by atoms with Gasteiger partial charge in [0.05, 0.1) is 0 Å². The van der Waals surface area contributed by atoms with Gasteiger partial charge in [-0.25, -0.2) is 0 Å². The first-order chi connectivity index (χ1) is 6.11. The van der Waals surface area contributed by atoms with Crippen LogP contribution in [0.4, 0.5) is 0 Å². The van der Waals surface area contributed by atoms with Crippen LogP contribution in [0.1, 0.15) is 34.1 Å². The van der Waals surface area contributed by atoms with E-state index < -0.39 is 0 Å². The van der Waals surface area contributed by atoms with Crippen molar-refractivity contribution in [2.75, 3.05) is 18.8 Å². The van der Waals surface area contributed by atoms with Gasteiger partial charge in [0, 0.05) is 23.6 Å². The van der Waals surface area contributed by atoms with E-state index in [4.69, 9.17) is 0 Å². The van der Waals surface area contributed by atoms with Crippen LogP contribution in [0.25, 0.3) is 0 Å². The minimum Gasteiger partial charge on any atom is -0.299 e. The fraction of sp³-hybridized carbons (Fsp3) is 1.00. The molecule has 0 N–H and O–H groups in total. The van der Waals surface area contributed by atoms with Gasteiger partial charge in [-0.3, -0.25) is 4.90 Å². The van der Waals surface area contributed by atoms with E-state index in [1.54, 1.807) is 0 Å². The Labute approximate surface area is 87.3 Å². The van der Waals surface area contributed by atoms with Crippen LogP contribution in [-0.2, 0) is 0 Å². The Balaban J connectivity index is 2.31. The lowest BCUT2D eigenvalue weighted by Crippen LogP contribution is -2.45. The van der Waals surface area contributed by atoms with Gasteiger partial charge < -0.3 is 0 Å². The van der Waals surface area contributed by atoms with Gasteiger partial charge in [-0.05, 0) is 25.8 Å². The van der Waals surface area contributed by atoms with Crippen LogP contribution >= 0.6 is 11.8 Å². The van der Waals surface area contributed by atoms with Gasteiger partial charge in [-0.15, -0.1) is 0 Å². The molecule has 0 aliphatic carbocycles. The van der Waals surface area contributed by atoms with Crippen molar-refractivity contribution in [3.8, 4) is 0 Å². The van der Waals surface area contributed by atoms with Crippen LogP contribution in [0.5, 0.6) is 0 Å². The fourth-order valence-electron chi connectivity index (χ4n) is 1.74. The Bertz CT molecular complexity index is 147. The number of hydrogen-bond donors (Lipinski definition) is 0. The molecule has 0 saturated carbocycles. The number of rotatable bonds is 3. The fourth-order valence-corrected chi connectivity index (χ4v) is 2.90. The van der Waals surface area contributed by atoms with E-state index in [9.17, 15) is 0 Å². The van der Waals surface area contributed by atoms with E-state index in [1.165, 1.54) is 25.3 Å². The quantitative estimate of drug-likeness (QED) is 0.691. The Kier molecular flexibility index (Phi) is 4.60. The summed E-state index contributed by atoms with van der Waals surface area (Å²) < 4.78 is 0. The number of nitrogens with zero attached hydrogens (tertiary/aromatic N) is 1. The smallest absolute Gasteiger partial charge is 0.0184 e. The van der Waals surface area contributed by atoms with Crippen molar-refractivity contribution < 1.29 is 0 Å². The Hall–Kier alpha value is 0.310. The minimum absolute atomic E-state index is 0.775. The van der Waals surface area contributed by atoms with Crippen molar-refractivity contribution in [1.82, 2.24) is 4.90 Å². The second-order valence-electron chi connectivity index (χ2n) is 4.54. The van der Waals surface area contributed by atoms with Gasteiger partial charge in [-0.2, -0.15) is 11.8 Å². The number of thioether (sulfide) groups is 1. The molecule has 1 nitrogen and oxygen atoms in total. The molecular formula is C11H23NS. The van der Waals surface area contributed by atoms with E-state index in [2.05, 4.69) is 44.4 Å². The van der Waals surface area contributed by atoms with E-state index in [0.717, 1.165) is 17.2 Å². The molecule has 0 radical (unpaired) electrons. The first-order valence-electron chi connectivity index (χ1n) is 5.47. The second-order valence-corrected chi connectivity index (χ2v) is 6.02. The Morgan fingerprint density at radius 3 is 2.69 bits per heavy atom. The summed E-state index contributed by atoms with van der Waals surface area (Å²) in [6, 6.07) is 0.775. The van der Waals surface area contributed by atoms with E-state index in [0.29, 0.717) is 0 Å². The maximum absolute atomic E-state index is 2.65. The van der Waals surface area contributed by atoms with Gasteiger partial charge in [0.1, 0.15) is 0 Å². The first kappa shape index (κ1) is 11.4. The largest absolute Gasteiger partial charge is 0.299 e. The third kappa shape index (κ3) is 3.51. The molecule has 1 aliphatic rings. The van der Waals surface area contributed by atoms with Crippen LogP contribution in [0.3, 0.4) is 0 Å². The van der Waals surface area contributed by atoms with Crippen molar-refractivity contribution in [2.45, 2.75) is 45.4 Å². The van der Waals surface area contributed by atoms with E-state index in [-0.39, 0.29) is 0 Å². The molecular weight excluding hydrogens is 178 g/mol. The molecule has 13 heavy (non-hydrogen) atoms. The molecule has 2 heteroatoms. The van der Waals surface area contributed by atoms with Crippen molar-refractivity contribution in [3.05, 3.63) is 0 Å². The highest BCUT2D eigenvalue weighted by atomic mass is 32.2. The van der Waals surface area contributed by atoms with Gasteiger partial charge in [0.25, 0.3) is 0 Å². The molecule has 0 aromatic heterocycles. The summed E-state index contributed by atoms with van der Waals surface area (Å²) in [6.07, 6.45) is 1.35. The summed E-state index contributed by atoms with van der Waals surface area (Å²) in [7, 11) is 0. The standard InChI is InChI=1S/C11H23NS/c1-9(2)5-6-12-7-8-13-11(4)10(12)3/h9-11H,5-8H2,1-4H3. The predicted octanol–water partition coefficient (Wildman–Crippen LogP) is 2.86. The van der Waals surface area contributed by atoms with Crippen LogP contribution in [-0.4, -0.2) is 35.0 Å². The highest BCUT2D eigenvalue weighted by Crippen LogP contribution is 2.24. The molecule has 1 saturated heterocycles. The summed E-state index contributed by atoms with van der Waals surface area (Å²) >= 11 is 2.12. The zero-order valence-electron chi connectivity index (χ0n) is 9.42. The van der Waals surface area contributed by atoms with Gasteiger partial charge in [0.15, 0.2) is 0 Å². The molecule has 2 unspecified atom stereocenters. The molecule has 2 atom stereocenters. The maximum atomic E-state index is 2.65. The predicted molar refractivity (Wildman–Crippen MR) is 62.4 cm³/mol. The van der Waals surface area contributed by atoms with Crippen molar-refractivity contribution in [2.24, 2.45) is 5.92 Å². The lowest BCUT2D eigenvalue weighted by Gasteiger charge is -2.37. The molecule has 78 valence electrons. The van der Waals surface area contributed by atoms with Gasteiger partial charge in [-0.1, -0.05) is 20.8 Å². The Morgan fingerprint density at radius 1 is 1.38 bits per heavy atom. The van der Waals surface area contributed by atoms with Crippen LogP contribution in [0.2, 0.25) is 0 Å². The lowest BCUT2D eigenvalue weighted by molar-refractivity contribution is 0.202.